The molecule has 1 nitrogen and oxygen atoms in total. The van der Waals surface area contributed by atoms with Crippen molar-refractivity contribution in [3.63, 3.8) is 0 Å². The van der Waals surface area contributed by atoms with Crippen molar-refractivity contribution in [2.45, 2.75) is 45.2 Å². The van der Waals surface area contributed by atoms with Crippen LogP contribution < -0.4 is 5.32 Å². The Bertz CT molecular complexity index is 329. The molecule has 0 aliphatic heterocycles. The summed E-state index contributed by atoms with van der Waals surface area (Å²) in [6.45, 7) is 3.13. The number of hydrogen-bond donors (Lipinski definition) is 1. The van der Waals surface area contributed by atoms with Crippen LogP contribution in [0.4, 0.5) is 0 Å². The molecule has 2 rings (SSSR count). The predicted molar refractivity (Wildman–Crippen MR) is 68.0 cm³/mol. The lowest BCUT2D eigenvalue weighted by Gasteiger charge is -2.12. The zero-order valence-electron chi connectivity index (χ0n) is 9.22. The summed E-state index contributed by atoms with van der Waals surface area (Å²) in [6.07, 6.45) is 5.50. The number of nitrogens with one attached hydrogen (secondary N) is 1. The van der Waals surface area contributed by atoms with Gasteiger partial charge in [0.2, 0.25) is 0 Å². The predicted octanol–water partition coefficient (Wildman–Crippen LogP) is 3.79. The van der Waals surface area contributed by atoms with Crippen LogP contribution in [0.5, 0.6) is 0 Å². The number of benzene rings is 1. The molecule has 0 unspecified atom stereocenters. The fraction of sp³-hybridized carbons (Fsp3) is 0.538. The summed E-state index contributed by atoms with van der Waals surface area (Å²) in [5.74, 6) is 0. The SMILES string of the molecule is Cc1ccc(CNC2CCCC2)cc1Br. The molecule has 0 heterocycles. The van der Waals surface area contributed by atoms with E-state index in [0.29, 0.717) is 0 Å². The molecular formula is C13H18BrN. The van der Waals surface area contributed by atoms with E-state index < -0.39 is 0 Å². The molecule has 0 saturated heterocycles. The van der Waals surface area contributed by atoms with Gasteiger partial charge in [0.25, 0.3) is 0 Å². The lowest BCUT2D eigenvalue weighted by atomic mass is 10.1. The zero-order valence-corrected chi connectivity index (χ0v) is 10.8. The molecule has 0 aromatic heterocycles. The topological polar surface area (TPSA) is 12.0 Å². The molecule has 1 fully saturated rings. The van der Waals surface area contributed by atoms with Gasteiger partial charge in [0.05, 0.1) is 0 Å². The Morgan fingerprint density at radius 1 is 1.33 bits per heavy atom. The van der Waals surface area contributed by atoms with Crippen LogP contribution in [0.2, 0.25) is 0 Å². The van der Waals surface area contributed by atoms with Crippen LogP contribution in [0.25, 0.3) is 0 Å². The molecule has 0 atom stereocenters. The van der Waals surface area contributed by atoms with Crippen LogP contribution in [0.1, 0.15) is 36.8 Å². The van der Waals surface area contributed by atoms with Crippen molar-refractivity contribution in [1.82, 2.24) is 5.32 Å². The molecule has 1 aliphatic rings. The van der Waals surface area contributed by atoms with E-state index in [1.165, 1.54) is 41.3 Å². The quantitative estimate of drug-likeness (QED) is 0.879. The Kier molecular flexibility index (Phi) is 3.81. The first-order chi connectivity index (χ1) is 7.25. The second kappa shape index (κ2) is 5.13. The molecule has 2 heteroatoms. The van der Waals surface area contributed by atoms with Crippen molar-refractivity contribution in [2.75, 3.05) is 0 Å². The molecule has 1 aromatic rings. The highest BCUT2D eigenvalue weighted by molar-refractivity contribution is 9.10. The zero-order chi connectivity index (χ0) is 10.7. The summed E-state index contributed by atoms with van der Waals surface area (Å²) in [5, 5.41) is 3.62. The lowest BCUT2D eigenvalue weighted by Crippen LogP contribution is -2.25. The Hall–Kier alpha value is -0.340. The van der Waals surface area contributed by atoms with Gasteiger partial charge in [-0.25, -0.2) is 0 Å². The van der Waals surface area contributed by atoms with E-state index in [-0.39, 0.29) is 0 Å². The Morgan fingerprint density at radius 3 is 2.73 bits per heavy atom. The molecule has 1 saturated carbocycles. The van der Waals surface area contributed by atoms with Crippen LogP contribution in [-0.2, 0) is 6.54 Å². The largest absolute Gasteiger partial charge is 0.310 e. The van der Waals surface area contributed by atoms with E-state index in [9.17, 15) is 0 Å². The molecular weight excluding hydrogens is 250 g/mol. The van der Waals surface area contributed by atoms with Gasteiger partial charge >= 0.3 is 0 Å². The molecule has 1 aromatic carbocycles. The molecule has 0 spiro atoms. The molecule has 1 aliphatic carbocycles. The molecule has 1 N–H and O–H groups in total. The first kappa shape index (κ1) is 11.2. The molecule has 0 radical (unpaired) electrons. The van der Waals surface area contributed by atoms with E-state index in [4.69, 9.17) is 0 Å². The van der Waals surface area contributed by atoms with E-state index in [1.807, 2.05) is 0 Å². The second-order valence-corrected chi connectivity index (χ2v) is 5.30. The van der Waals surface area contributed by atoms with E-state index in [2.05, 4.69) is 46.4 Å². The fourth-order valence-electron chi connectivity index (χ4n) is 2.14. The summed E-state index contributed by atoms with van der Waals surface area (Å²) in [7, 11) is 0. The number of rotatable bonds is 3. The maximum atomic E-state index is 3.62. The van der Waals surface area contributed by atoms with Gasteiger partial charge in [-0.05, 0) is 37.0 Å². The third-order valence-corrected chi connectivity index (χ3v) is 4.04. The van der Waals surface area contributed by atoms with Crippen molar-refractivity contribution in [3.8, 4) is 0 Å². The maximum Gasteiger partial charge on any atom is 0.0208 e. The first-order valence-corrected chi connectivity index (χ1v) is 6.53. The summed E-state index contributed by atoms with van der Waals surface area (Å²) in [4.78, 5) is 0. The summed E-state index contributed by atoms with van der Waals surface area (Å²) in [6, 6.07) is 7.36. The van der Waals surface area contributed by atoms with Crippen LogP contribution in [0, 0.1) is 6.92 Å². The van der Waals surface area contributed by atoms with Gasteiger partial charge in [-0.3, -0.25) is 0 Å². The Balaban J connectivity index is 1.90. The third-order valence-electron chi connectivity index (χ3n) is 3.19. The number of hydrogen-bond acceptors (Lipinski definition) is 1. The minimum Gasteiger partial charge on any atom is -0.310 e. The van der Waals surface area contributed by atoms with Crippen LogP contribution >= 0.6 is 15.9 Å². The van der Waals surface area contributed by atoms with Crippen molar-refractivity contribution >= 4 is 15.9 Å². The standard InChI is InChI=1S/C13H18BrN/c1-10-6-7-11(8-13(10)14)9-15-12-4-2-3-5-12/h6-8,12,15H,2-5,9H2,1H3. The minimum atomic E-state index is 0.755. The average Bonchev–Trinajstić information content (AvgIpc) is 2.73. The highest BCUT2D eigenvalue weighted by Gasteiger charge is 2.13. The fourth-order valence-corrected chi connectivity index (χ4v) is 2.56. The van der Waals surface area contributed by atoms with E-state index in [0.717, 1.165) is 12.6 Å². The van der Waals surface area contributed by atoms with Crippen molar-refractivity contribution in [3.05, 3.63) is 33.8 Å². The van der Waals surface area contributed by atoms with Gasteiger partial charge in [0.15, 0.2) is 0 Å². The smallest absolute Gasteiger partial charge is 0.0208 e. The van der Waals surface area contributed by atoms with Crippen LogP contribution in [-0.4, -0.2) is 6.04 Å². The molecule has 82 valence electrons. The molecule has 0 bridgehead atoms. The summed E-state index contributed by atoms with van der Waals surface area (Å²) in [5.41, 5.74) is 2.68. The average molecular weight is 268 g/mol. The number of aryl methyl sites for hydroxylation is 1. The van der Waals surface area contributed by atoms with Gasteiger partial charge < -0.3 is 5.32 Å². The third kappa shape index (κ3) is 3.05. The second-order valence-electron chi connectivity index (χ2n) is 4.45. The van der Waals surface area contributed by atoms with Crippen molar-refractivity contribution in [1.29, 1.82) is 0 Å². The Morgan fingerprint density at radius 2 is 2.07 bits per heavy atom. The molecule has 0 amide bonds. The van der Waals surface area contributed by atoms with Gasteiger partial charge in [0, 0.05) is 17.1 Å². The van der Waals surface area contributed by atoms with Crippen molar-refractivity contribution in [2.24, 2.45) is 0 Å². The summed E-state index contributed by atoms with van der Waals surface area (Å²) < 4.78 is 1.22. The highest BCUT2D eigenvalue weighted by Crippen LogP contribution is 2.20. The Labute approximate surface area is 100 Å². The summed E-state index contributed by atoms with van der Waals surface area (Å²) >= 11 is 3.57. The minimum absolute atomic E-state index is 0.755. The normalized spacial score (nSPS) is 17.2. The monoisotopic (exact) mass is 267 g/mol. The van der Waals surface area contributed by atoms with Crippen molar-refractivity contribution < 1.29 is 0 Å². The van der Waals surface area contributed by atoms with Gasteiger partial charge in [0.1, 0.15) is 0 Å². The van der Waals surface area contributed by atoms with Gasteiger partial charge in [-0.2, -0.15) is 0 Å². The van der Waals surface area contributed by atoms with Gasteiger partial charge in [-0.15, -0.1) is 0 Å². The lowest BCUT2D eigenvalue weighted by molar-refractivity contribution is 0.524. The first-order valence-electron chi connectivity index (χ1n) is 5.74. The molecule has 15 heavy (non-hydrogen) atoms. The van der Waals surface area contributed by atoms with Crippen LogP contribution in [0.3, 0.4) is 0 Å². The van der Waals surface area contributed by atoms with E-state index in [1.54, 1.807) is 0 Å². The maximum absolute atomic E-state index is 3.62. The van der Waals surface area contributed by atoms with Gasteiger partial charge in [-0.1, -0.05) is 40.9 Å². The number of halogens is 1. The van der Waals surface area contributed by atoms with E-state index >= 15 is 0 Å². The van der Waals surface area contributed by atoms with Crippen LogP contribution in [0.15, 0.2) is 22.7 Å². The highest BCUT2D eigenvalue weighted by atomic mass is 79.9.